The van der Waals surface area contributed by atoms with Crippen molar-refractivity contribution in [2.75, 3.05) is 19.8 Å². The van der Waals surface area contributed by atoms with E-state index in [1.807, 2.05) is 6.92 Å². The number of aliphatic hydroxyl groups is 1. The molecule has 1 fully saturated rings. The van der Waals surface area contributed by atoms with Crippen molar-refractivity contribution in [2.24, 2.45) is 5.92 Å². The van der Waals surface area contributed by atoms with Crippen molar-refractivity contribution in [3.63, 3.8) is 0 Å². The van der Waals surface area contributed by atoms with Crippen LogP contribution in [-0.2, 0) is 9.53 Å². The highest BCUT2D eigenvalue weighted by molar-refractivity contribution is 5.95. The van der Waals surface area contributed by atoms with Crippen LogP contribution in [0.2, 0.25) is 0 Å². The highest BCUT2D eigenvalue weighted by Gasteiger charge is 2.35. The van der Waals surface area contributed by atoms with Crippen LogP contribution in [-0.4, -0.2) is 53.8 Å². The molecule has 0 bridgehead atoms. The van der Waals surface area contributed by atoms with Crippen molar-refractivity contribution in [3.05, 3.63) is 29.6 Å². The van der Waals surface area contributed by atoms with Crippen molar-refractivity contribution in [1.29, 1.82) is 0 Å². The molecule has 3 N–H and O–H groups in total. The fraction of sp³-hybridized carbons (Fsp3) is 0.650. The van der Waals surface area contributed by atoms with E-state index in [4.69, 9.17) is 9.84 Å². The van der Waals surface area contributed by atoms with E-state index in [-0.39, 0.29) is 36.5 Å². The normalized spacial score (nSPS) is 22.3. The molecule has 0 unspecified atom stereocenters. The second-order valence-electron chi connectivity index (χ2n) is 7.00. The Bertz CT molecular complexity index is 623. The highest BCUT2D eigenvalue weighted by atomic mass is 16.5. The molecule has 2 amide bonds. The van der Waals surface area contributed by atoms with Crippen LogP contribution in [0.1, 0.15) is 55.1 Å². The summed E-state index contributed by atoms with van der Waals surface area (Å²) in [5, 5.41) is 14.8. The van der Waals surface area contributed by atoms with Gasteiger partial charge in [-0.25, -0.2) is 0 Å². The number of aliphatic hydroxyl groups excluding tert-OH is 1. The monoisotopic (exact) mass is 377 g/mol. The Hall–Kier alpha value is -1.99. The van der Waals surface area contributed by atoms with Gasteiger partial charge in [-0.05, 0) is 51.2 Å². The molecule has 0 radical (unpaired) electrons. The summed E-state index contributed by atoms with van der Waals surface area (Å²) < 4.78 is 5.94. The van der Waals surface area contributed by atoms with Gasteiger partial charge in [0, 0.05) is 37.6 Å². The van der Waals surface area contributed by atoms with Gasteiger partial charge in [0.2, 0.25) is 5.91 Å². The molecule has 1 aliphatic rings. The molecule has 0 spiro atoms. The lowest BCUT2D eigenvalue weighted by atomic mass is 9.82. The highest BCUT2D eigenvalue weighted by Crippen LogP contribution is 2.27. The molecule has 0 aliphatic heterocycles. The Balaban J connectivity index is 2.03. The topological polar surface area (TPSA) is 101 Å². The van der Waals surface area contributed by atoms with Crippen LogP contribution >= 0.6 is 0 Å². The summed E-state index contributed by atoms with van der Waals surface area (Å²) in [6.45, 7) is 5.01. The molecule has 27 heavy (non-hydrogen) atoms. The zero-order valence-electron chi connectivity index (χ0n) is 16.2. The third kappa shape index (κ3) is 6.29. The second-order valence-corrected chi connectivity index (χ2v) is 7.00. The van der Waals surface area contributed by atoms with Gasteiger partial charge in [0.05, 0.1) is 17.7 Å². The van der Waals surface area contributed by atoms with Crippen LogP contribution in [0.3, 0.4) is 0 Å². The summed E-state index contributed by atoms with van der Waals surface area (Å²) >= 11 is 0. The van der Waals surface area contributed by atoms with Crippen LogP contribution in [0.25, 0.3) is 0 Å². The largest absolute Gasteiger partial charge is 0.396 e. The van der Waals surface area contributed by atoms with Crippen molar-refractivity contribution < 1.29 is 19.4 Å². The quantitative estimate of drug-likeness (QED) is 0.567. The first kappa shape index (κ1) is 21.3. The molecule has 1 heterocycles. The molecule has 7 nitrogen and oxygen atoms in total. The average Bonchev–Trinajstić information content (AvgIpc) is 2.67. The van der Waals surface area contributed by atoms with Crippen molar-refractivity contribution in [1.82, 2.24) is 15.6 Å². The van der Waals surface area contributed by atoms with Gasteiger partial charge >= 0.3 is 0 Å². The number of aromatic nitrogens is 1. The molecule has 1 aromatic rings. The standard InChI is InChI=1S/C20H31N3O4/c1-3-12-27-18-8-7-15(19(25)22-10-5-11-24)13-17(18)23-20(26)16-6-4-9-21-14(16)2/h4,6,9,15,17-18,24H,3,5,7-8,10-13H2,1-2H3,(H,22,25)(H,23,26)/t15-,17+,18+/m0/s1. The van der Waals surface area contributed by atoms with E-state index in [0.717, 1.165) is 19.3 Å². The number of nitrogens with one attached hydrogen (secondary N) is 2. The maximum atomic E-state index is 12.7. The first-order valence-corrected chi connectivity index (χ1v) is 9.79. The van der Waals surface area contributed by atoms with E-state index in [0.29, 0.717) is 37.3 Å². The summed E-state index contributed by atoms with van der Waals surface area (Å²) in [6, 6.07) is 3.28. The number of carbonyl (C=O) groups excluding carboxylic acids is 2. The lowest BCUT2D eigenvalue weighted by Gasteiger charge is -2.36. The molecule has 0 saturated heterocycles. The van der Waals surface area contributed by atoms with Crippen LogP contribution in [0, 0.1) is 12.8 Å². The maximum Gasteiger partial charge on any atom is 0.253 e. The number of hydrogen-bond acceptors (Lipinski definition) is 5. The molecule has 3 atom stereocenters. The Kier molecular flexibility index (Phi) is 8.67. The van der Waals surface area contributed by atoms with Crippen LogP contribution in [0.5, 0.6) is 0 Å². The molecule has 1 aromatic heterocycles. The third-order valence-electron chi connectivity index (χ3n) is 4.90. The number of aryl methyl sites for hydroxylation is 1. The number of ether oxygens (including phenoxy) is 1. The van der Waals surface area contributed by atoms with Gasteiger partial charge in [0.1, 0.15) is 0 Å². The number of carbonyl (C=O) groups is 2. The Morgan fingerprint density at radius 3 is 2.89 bits per heavy atom. The molecule has 2 rings (SSSR count). The fourth-order valence-electron chi connectivity index (χ4n) is 3.41. The number of amides is 2. The molecular formula is C20H31N3O4. The minimum atomic E-state index is -0.217. The van der Waals surface area contributed by atoms with Gasteiger partial charge in [0.15, 0.2) is 0 Å². The minimum absolute atomic E-state index is 0.0193. The zero-order valence-corrected chi connectivity index (χ0v) is 16.2. The average molecular weight is 377 g/mol. The summed E-state index contributed by atoms with van der Waals surface area (Å²) in [7, 11) is 0. The van der Waals surface area contributed by atoms with Crippen LogP contribution < -0.4 is 10.6 Å². The summed E-state index contributed by atoms with van der Waals surface area (Å²) in [6.07, 6.45) is 5.03. The van der Waals surface area contributed by atoms with Crippen LogP contribution in [0.15, 0.2) is 18.3 Å². The van der Waals surface area contributed by atoms with E-state index in [2.05, 4.69) is 15.6 Å². The molecule has 1 saturated carbocycles. The van der Waals surface area contributed by atoms with Crippen molar-refractivity contribution in [2.45, 2.75) is 58.1 Å². The van der Waals surface area contributed by atoms with E-state index in [9.17, 15) is 9.59 Å². The molecule has 0 aromatic carbocycles. The predicted octanol–water partition coefficient (Wildman–Crippen LogP) is 1.58. The Labute approximate surface area is 160 Å². The summed E-state index contributed by atoms with van der Waals surface area (Å²) in [5.41, 5.74) is 1.22. The van der Waals surface area contributed by atoms with Gasteiger partial charge in [-0.2, -0.15) is 0 Å². The third-order valence-corrected chi connectivity index (χ3v) is 4.90. The minimum Gasteiger partial charge on any atom is -0.396 e. The lowest BCUT2D eigenvalue weighted by Crippen LogP contribution is -2.50. The number of hydrogen-bond donors (Lipinski definition) is 3. The van der Waals surface area contributed by atoms with Crippen LogP contribution in [0.4, 0.5) is 0 Å². The second kappa shape index (κ2) is 11.0. The van der Waals surface area contributed by atoms with Crippen molar-refractivity contribution >= 4 is 11.8 Å². The lowest BCUT2D eigenvalue weighted by molar-refractivity contribution is -0.127. The fourth-order valence-corrected chi connectivity index (χ4v) is 3.41. The number of pyridine rings is 1. The van der Waals surface area contributed by atoms with Gasteiger partial charge < -0.3 is 20.5 Å². The molecule has 7 heteroatoms. The van der Waals surface area contributed by atoms with Crippen molar-refractivity contribution in [3.8, 4) is 0 Å². The first-order valence-electron chi connectivity index (χ1n) is 9.79. The number of rotatable bonds is 9. The SMILES string of the molecule is CCCO[C@@H]1CC[C@H](C(=O)NCCCO)C[C@H]1NC(=O)c1cccnc1C. The first-order chi connectivity index (χ1) is 13.1. The maximum absolute atomic E-state index is 12.7. The van der Waals surface area contributed by atoms with E-state index >= 15 is 0 Å². The zero-order chi connectivity index (χ0) is 19.6. The van der Waals surface area contributed by atoms with E-state index in [1.165, 1.54) is 0 Å². The van der Waals surface area contributed by atoms with Gasteiger partial charge in [0.25, 0.3) is 5.91 Å². The Morgan fingerprint density at radius 1 is 1.37 bits per heavy atom. The van der Waals surface area contributed by atoms with Gasteiger partial charge in [-0.3, -0.25) is 14.6 Å². The molecule has 150 valence electrons. The van der Waals surface area contributed by atoms with Gasteiger partial charge in [-0.15, -0.1) is 0 Å². The van der Waals surface area contributed by atoms with E-state index in [1.54, 1.807) is 25.3 Å². The summed E-state index contributed by atoms with van der Waals surface area (Å²) in [5.74, 6) is -0.364. The smallest absolute Gasteiger partial charge is 0.253 e. The van der Waals surface area contributed by atoms with Gasteiger partial charge in [-0.1, -0.05) is 6.92 Å². The Morgan fingerprint density at radius 2 is 2.19 bits per heavy atom. The molecule has 1 aliphatic carbocycles. The summed E-state index contributed by atoms with van der Waals surface area (Å²) in [4.78, 5) is 29.3. The number of nitrogens with zero attached hydrogens (tertiary/aromatic N) is 1. The van der Waals surface area contributed by atoms with E-state index < -0.39 is 0 Å². The predicted molar refractivity (Wildman–Crippen MR) is 102 cm³/mol. The molecular weight excluding hydrogens is 346 g/mol.